The van der Waals surface area contributed by atoms with Crippen LogP contribution >= 0.6 is 11.3 Å². The van der Waals surface area contributed by atoms with Crippen molar-refractivity contribution in [1.82, 2.24) is 9.55 Å². The van der Waals surface area contributed by atoms with Crippen LogP contribution in [0.2, 0.25) is 0 Å². The van der Waals surface area contributed by atoms with E-state index < -0.39 is 0 Å². The first-order valence-corrected chi connectivity index (χ1v) is 11.6. The van der Waals surface area contributed by atoms with E-state index in [1.807, 2.05) is 17.5 Å². The molecule has 1 fully saturated rings. The summed E-state index contributed by atoms with van der Waals surface area (Å²) in [6.07, 6.45) is 5.50. The zero-order valence-electron chi connectivity index (χ0n) is 17.8. The van der Waals surface area contributed by atoms with Gasteiger partial charge in [-0.15, -0.1) is 11.3 Å². The average Bonchev–Trinajstić information content (AvgIpc) is 3.15. The van der Waals surface area contributed by atoms with Crippen molar-refractivity contribution in [3.05, 3.63) is 51.9 Å². The molecule has 2 atom stereocenters. The van der Waals surface area contributed by atoms with Crippen molar-refractivity contribution in [2.45, 2.75) is 65.0 Å². The Morgan fingerprint density at radius 2 is 2.03 bits per heavy atom. The molecule has 2 aromatic heterocycles. The number of rotatable bonds is 5. The van der Waals surface area contributed by atoms with Crippen LogP contribution in [0, 0.1) is 5.92 Å². The summed E-state index contributed by atoms with van der Waals surface area (Å²) in [7, 11) is 0. The largest absolute Gasteiger partial charge is 0.461 e. The van der Waals surface area contributed by atoms with Gasteiger partial charge < -0.3 is 4.74 Å². The maximum absolute atomic E-state index is 13.2. The zero-order valence-corrected chi connectivity index (χ0v) is 18.6. The van der Waals surface area contributed by atoms with Crippen molar-refractivity contribution in [1.29, 1.82) is 0 Å². The second kappa shape index (κ2) is 8.72. The van der Waals surface area contributed by atoms with Crippen LogP contribution in [0.25, 0.3) is 21.3 Å². The van der Waals surface area contributed by atoms with Gasteiger partial charge in [-0.2, -0.15) is 0 Å². The van der Waals surface area contributed by atoms with Crippen molar-refractivity contribution in [2.24, 2.45) is 5.92 Å². The van der Waals surface area contributed by atoms with Crippen molar-refractivity contribution in [3.63, 3.8) is 0 Å². The monoisotopic (exact) mass is 424 g/mol. The molecule has 0 aliphatic heterocycles. The predicted molar refractivity (Wildman–Crippen MR) is 121 cm³/mol. The first kappa shape index (κ1) is 20.8. The molecular formula is C24H28N2O3S. The first-order chi connectivity index (χ1) is 14.4. The molecule has 0 amide bonds. The number of nitrogens with zero attached hydrogens (tertiary/aromatic N) is 2. The number of carbonyl (C=O) groups excluding carboxylic acids is 1. The molecule has 0 N–H and O–H groups in total. The molecule has 0 radical (unpaired) electrons. The molecule has 5 nitrogen and oxygen atoms in total. The Morgan fingerprint density at radius 3 is 2.73 bits per heavy atom. The summed E-state index contributed by atoms with van der Waals surface area (Å²) in [6, 6.07) is 8.29. The van der Waals surface area contributed by atoms with Crippen LogP contribution in [-0.4, -0.2) is 21.6 Å². The fourth-order valence-electron chi connectivity index (χ4n) is 4.19. The molecule has 0 bridgehead atoms. The summed E-state index contributed by atoms with van der Waals surface area (Å²) in [4.78, 5) is 30.7. The summed E-state index contributed by atoms with van der Waals surface area (Å²) in [5.74, 6) is 0.665. The Balaban J connectivity index is 1.58. The lowest BCUT2D eigenvalue weighted by atomic mass is 9.89. The minimum atomic E-state index is -0.365. The molecule has 1 aromatic carbocycles. The third-order valence-electron chi connectivity index (χ3n) is 5.93. The zero-order chi connectivity index (χ0) is 21.3. The number of fused-ring (bicyclic) bond motifs is 1. The quantitative estimate of drug-likeness (QED) is 0.517. The highest BCUT2D eigenvalue weighted by atomic mass is 32.1. The third kappa shape index (κ3) is 4.33. The van der Waals surface area contributed by atoms with Gasteiger partial charge in [-0.3, -0.25) is 14.2 Å². The molecule has 0 spiro atoms. The fraction of sp³-hybridized carbons (Fsp3) is 0.458. The maximum Gasteiger partial charge on any atom is 0.326 e. The normalized spacial score (nSPS) is 19.3. The SMILES string of the molecule is CC1CCCC(OC(=O)Cn2cnc3scc(-c4ccc(C(C)C)cc4)c3c2=O)C1. The van der Waals surface area contributed by atoms with Crippen LogP contribution in [0.4, 0.5) is 0 Å². The second-order valence-corrected chi connectivity index (χ2v) is 9.53. The number of ether oxygens (including phenoxy) is 1. The molecule has 1 aliphatic carbocycles. The van der Waals surface area contributed by atoms with Gasteiger partial charge in [-0.05, 0) is 42.2 Å². The Kier molecular flexibility index (Phi) is 6.04. The standard InChI is InChI=1S/C24H28N2O3S/c1-15(2)17-7-9-18(10-8-17)20-13-30-23-22(20)24(28)26(14-25-23)12-21(27)29-19-6-4-5-16(3)11-19/h7-10,13-16,19H,4-6,11-12H2,1-3H3. The minimum absolute atomic E-state index is 0.0372. The van der Waals surface area contributed by atoms with Crippen LogP contribution in [0.3, 0.4) is 0 Å². The maximum atomic E-state index is 13.2. The summed E-state index contributed by atoms with van der Waals surface area (Å²) in [6.45, 7) is 6.40. The molecular weight excluding hydrogens is 396 g/mol. The Labute approximate surface area is 180 Å². The number of esters is 1. The summed E-state index contributed by atoms with van der Waals surface area (Å²) in [5.41, 5.74) is 2.92. The topological polar surface area (TPSA) is 61.2 Å². The van der Waals surface area contributed by atoms with Crippen LogP contribution in [0.15, 0.2) is 40.8 Å². The average molecular weight is 425 g/mol. The van der Waals surface area contributed by atoms with E-state index >= 15 is 0 Å². The van der Waals surface area contributed by atoms with Gasteiger partial charge >= 0.3 is 5.97 Å². The molecule has 158 valence electrons. The molecule has 2 unspecified atom stereocenters. The fourth-order valence-corrected chi connectivity index (χ4v) is 5.09. The van der Waals surface area contributed by atoms with E-state index in [4.69, 9.17) is 4.74 Å². The first-order valence-electron chi connectivity index (χ1n) is 10.7. The minimum Gasteiger partial charge on any atom is -0.461 e. The highest BCUT2D eigenvalue weighted by Crippen LogP contribution is 2.31. The lowest BCUT2D eigenvalue weighted by Gasteiger charge is -2.26. The molecule has 1 aliphatic rings. The number of hydrogen-bond acceptors (Lipinski definition) is 5. The van der Waals surface area contributed by atoms with Crippen LogP contribution in [0.5, 0.6) is 0 Å². The molecule has 30 heavy (non-hydrogen) atoms. The Morgan fingerprint density at radius 1 is 1.27 bits per heavy atom. The second-order valence-electron chi connectivity index (χ2n) is 8.67. The van der Waals surface area contributed by atoms with E-state index in [9.17, 15) is 9.59 Å². The number of hydrogen-bond donors (Lipinski definition) is 0. The van der Waals surface area contributed by atoms with E-state index in [1.165, 1.54) is 34.2 Å². The van der Waals surface area contributed by atoms with E-state index in [-0.39, 0.29) is 24.2 Å². The lowest BCUT2D eigenvalue weighted by molar-refractivity contribution is -0.152. The van der Waals surface area contributed by atoms with Gasteiger partial charge in [0.15, 0.2) is 0 Å². The molecule has 2 heterocycles. The van der Waals surface area contributed by atoms with Crippen LogP contribution in [-0.2, 0) is 16.1 Å². The summed E-state index contributed by atoms with van der Waals surface area (Å²) >= 11 is 1.45. The highest BCUT2D eigenvalue weighted by Gasteiger charge is 2.23. The van der Waals surface area contributed by atoms with Crippen molar-refractivity contribution in [2.75, 3.05) is 0 Å². The van der Waals surface area contributed by atoms with E-state index in [1.54, 1.807) is 0 Å². The summed E-state index contributed by atoms with van der Waals surface area (Å²) < 4.78 is 7.01. The molecule has 6 heteroatoms. The van der Waals surface area contributed by atoms with Crippen molar-refractivity contribution >= 4 is 27.5 Å². The van der Waals surface area contributed by atoms with Crippen LogP contribution in [0.1, 0.15) is 57.9 Å². The van der Waals surface area contributed by atoms with Crippen molar-refractivity contribution < 1.29 is 9.53 Å². The molecule has 4 rings (SSSR count). The van der Waals surface area contributed by atoms with E-state index in [0.717, 1.165) is 30.4 Å². The molecule has 1 saturated carbocycles. The highest BCUT2D eigenvalue weighted by molar-refractivity contribution is 7.17. The smallest absolute Gasteiger partial charge is 0.326 e. The lowest BCUT2D eigenvalue weighted by Crippen LogP contribution is -2.30. The van der Waals surface area contributed by atoms with Gasteiger partial charge in [0.1, 0.15) is 17.5 Å². The van der Waals surface area contributed by atoms with E-state index in [0.29, 0.717) is 22.1 Å². The number of thiophene rings is 1. The van der Waals surface area contributed by atoms with Gasteiger partial charge in [-0.1, -0.05) is 51.5 Å². The Hall–Kier alpha value is -2.47. The van der Waals surface area contributed by atoms with Gasteiger partial charge in [0.25, 0.3) is 5.56 Å². The van der Waals surface area contributed by atoms with E-state index in [2.05, 4.69) is 37.9 Å². The molecule has 3 aromatic rings. The van der Waals surface area contributed by atoms with Gasteiger partial charge in [0.2, 0.25) is 0 Å². The predicted octanol–water partition coefficient (Wildman–Crippen LogP) is 5.37. The number of benzene rings is 1. The van der Waals surface area contributed by atoms with Gasteiger partial charge in [-0.25, -0.2) is 4.98 Å². The van der Waals surface area contributed by atoms with Crippen molar-refractivity contribution in [3.8, 4) is 11.1 Å². The molecule has 0 saturated heterocycles. The van der Waals surface area contributed by atoms with Gasteiger partial charge in [0, 0.05) is 10.9 Å². The van der Waals surface area contributed by atoms with Gasteiger partial charge in [0.05, 0.1) is 11.7 Å². The summed E-state index contributed by atoms with van der Waals surface area (Å²) in [5, 5.41) is 2.54. The third-order valence-corrected chi connectivity index (χ3v) is 6.82. The number of aromatic nitrogens is 2. The van der Waals surface area contributed by atoms with Crippen LogP contribution < -0.4 is 5.56 Å². The number of carbonyl (C=O) groups is 1. The Bertz CT molecular complexity index is 1100.